The van der Waals surface area contributed by atoms with Crippen molar-refractivity contribution in [3.63, 3.8) is 0 Å². The van der Waals surface area contributed by atoms with Crippen LogP contribution in [0.15, 0.2) is 35.5 Å². The number of amides is 1. The quantitative estimate of drug-likeness (QED) is 0.669. The zero-order valence-corrected chi connectivity index (χ0v) is 15.8. The first-order valence-corrected chi connectivity index (χ1v) is 9.33. The van der Waals surface area contributed by atoms with Crippen molar-refractivity contribution >= 4 is 17.2 Å². The van der Waals surface area contributed by atoms with Crippen LogP contribution in [-0.4, -0.2) is 36.9 Å². The fraction of sp³-hybridized carbons (Fsp3) is 0.421. The molecule has 1 aliphatic rings. The number of rotatable bonds is 7. The summed E-state index contributed by atoms with van der Waals surface area (Å²) in [7, 11) is 0. The van der Waals surface area contributed by atoms with Crippen molar-refractivity contribution in [2.75, 3.05) is 11.9 Å². The number of hydrogen-bond acceptors (Lipinski definition) is 6. The minimum atomic E-state index is -0.361. The number of carbonyl (C=O) groups is 1. The first-order chi connectivity index (χ1) is 13.5. The minimum Gasteiger partial charge on any atom is -0.491 e. The predicted octanol–water partition coefficient (Wildman–Crippen LogP) is 1.84. The van der Waals surface area contributed by atoms with Crippen LogP contribution in [0.25, 0.3) is 5.65 Å². The Bertz CT molecular complexity index is 1070. The molecule has 0 aliphatic heterocycles. The largest absolute Gasteiger partial charge is 0.491 e. The second-order valence-electron chi connectivity index (χ2n) is 7.36. The van der Waals surface area contributed by atoms with Gasteiger partial charge in [0, 0.05) is 18.2 Å². The monoisotopic (exact) mass is 382 g/mol. The van der Waals surface area contributed by atoms with Crippen LogP contribution in [-0.2, 0) is 11.3 Å². The summed E-state index contributed by atoms with van der Waals surface area (Å²) in [4.78, 5) is 24.8. The minimum absolute atomic E-state index is 0.0697. The highest BCUT2D eigenvalue weighted by molar-refractivity contribution is 5.90. The Morgan fingerprint density at radius 3 is 2.93 bits per heavy atom. The van der Waals surface area contributed by atoms with Crippen LogP contribution < -0.4 is 15.6 Å². The Kier molecular flexibility index (Phi) is 4.81. The average Bonchev–Trinajstić information content (AvgIpc) is 3.37. The third kappa shape index (κ3) is 4.03. The van der Waals surface area contributed by atoms with E-state index in [1.54, 1.807) is 29.1 Å². The van der Waals surface area contributed by atoms with E-state index in [1.807, 2.05) is 13.8 Å². The SMILES string of the molecule is CC(C)c1nn(CC(=O)Nc2ccc3nncn3c2)c(=O)cc1OCC1CC1. The molecule has 1 aliphatic carbocycles. The molecule has 0 spiro atoms. The lowest BCUT2D eigenvalue weighted by atomic mass is 10.1. The first-order valence-electron chi connectivity index (χ1n) is 9.33. The summed E-state index contributed by atoms with van der Waals surface area (Å²) in [6, 6.07) is 4.91. The predicted molar refractivity (Wildman–Crippen MR) is 102 cm³/mol. The second-order valence-corrected chi connectivity index (χ2v) is 7.36. The molecule has 0 atom stereocenters. The molecule has 9 nitrogen and oxygen atoms in total. The zero-order valence-electron chi connectivity index (χ0n) is 15.8. The van der Waals surface area contributed by atoms with Crippen molar-refractivity contribution < 1.29 is 9.53 Å². The van der Waals surface area contributed by atoms with Gasteiger partial charge in [-0.15, -0.1) is 10.2 Å². The Labute approximate surface area is 161 Å². The van der Waals surface area contributed by atoms with E-state index in [0.29, 0.717) is 35.3 Å². The normalized spacial score (nSPS) is 13.8. The maximum atomic E-state index is 12.4. The van der Waals surface area contributed by atoms with Crippen molar-refractivity contribution in [1.82, 2.24) is 24.4 Å². The third-order valence-electron chi connectivity index (χ3n) is 4.58. The van der Waals surface area contributed by atoms with E-state index >= 15 is 0 Å². The molecular weight excluding hydrogens is 360 g/mol. The Morgan fingerprint density at radius 1 is 1.36 bits per heavy atom. The number of anilines is 1. The van der Waals surface area contributed by atoms with Gasteiger partial charge in [-0.2, -0.15) is 5.10 Å². The molecule has 1 saturated carbocycles. The van der Waals surface area contributed by atoms with Gasteiger partial charge in [0.05, 0.1) is 12.3 Å². The van der Waals surface area contributed by atoms with Crippen LogP contribution in [0.2, 0.25) is 0 Å². The number of pyridine rings is 1. The summed E-state index contributed by atoms with van der Waals surface area (Å²) in [5.41, 5.74) is 1.58. The van der Waals surface area contributed by atoms with E-state index in [0.717, 1.165) is 0 Å². The van der Waals surface area contributed by atoms with Crippen LogP contribution in [0.3, 0.4) is 0 Å². The van der Waals surface area contributed by atoms with Crippen molar-refractivity contribution in [1.29, 1.82) is 0 Å². The molecule has 3 heterocycles. The molecule has 9 heteroatoms. The van der Waals surface area contributed by atoms with E-state index in [9.17, 15) is 9.59 Å². The standard InChI is InChI=1S/C19H22N6O3/c1-12(2)19-15(28-10-13-3-4-13)7-18(27)25(23-19)9-17(26)21-14-5-6-16-22-20-11-24(16)8-14/h5-8,11-13H,3-4,9-10H2,1-2H3,(H,21,26). The molecule has 1 fully saturated rings. The van der Waals surface area contributed by atoms with Gasteiger partial charge in [0.15, 0.2) is 5.65 Å². The van der Waals surface area contributed by atoms with Crippen molar-refractivity contribution in [2.24, 2.45) is 5.92 Å². The average molecular weight is 382 g/mol. The molecule has 3 aromatic rings. The van der Waals surface area contributed by atoms with Gasteiger partial charge in [-0.3, -0.25) is 14.0 Å². The smallest absolute Gasteiger partial charge is 0.270 e. The van der Waals surface area contributed by atoms with Crippen LogP contribution in [0.4, 0.5) is 5.69 Å². The lowest BCUT2D eigenvalue weighted by molar-refractivity contribution is -0.117. The topological polar surface area (TPSA) is 103 Å². The van der Waals surface area contributed by atoms with Gasteiger partial charge < -0.3 is 10.1 Å². The van der Waals surface area contributed by atoms with Crippen LogP contribution in [0.1, 0.15) is 38.3 Å². The second kappa shape index (κ2) is 7.41. The number of ether oxygens (including phenoxy) is 1. The lowest BCUT2D eigenvalue weighted by Gasteiger charge is -2.15. The highest BCUT2D eigenvalue weighted by Gasteiger charge is 2.23. The van der Waals surface area contributed by atoms with Gasteiger partial charge in [-0.25, -0.2) is 4.68 Å². The molecule has 1 N–H and O–H groups in total. The van der Waals surface area contributed by atoms with Gasteiger partial charge in [0.2, 0.25) is 5.91 Å². The van der Waals surface area contributed by atoms with E-state index in [2.05, 4.69) is 20.6 Å². The number of hydrogen-bond donors (Lipinski definition) is 1. The molecule has 0 unspecified atom stereocenters. The Hall–Kier alpha value is -3.23. The maximum Gasteiger partial charge on any atom is 0.270 e. The van der Waals surface area contributed by atoms with E-state index in [1.165, 1.54) is 23.6 Å². The summed E-state index contributed by atoms with van der Waals surface area (Å²) in [5.74, 6) is 0.821. The summed E-state index contributed by atoms with van der Waals surface area (Å²) in [6.07, 6.45) is 5.59. The molecule has 28 heavy (non-hydrogen) atoms. The summed E-state index contributed by atoms with van der Waals surface area (Å²) in [6.45, 7) is 4.39. The fourth-order valence-corrected chi connectivity index (χ4v) is 2.85. The summed E-state index contributed by atoms with van der Waals surface area (Å²) >= 11 is 0. The molecule has 3 aromatic heterocycles. The molecule has 0 aromatic carbocycles. The Morgan fingerprint density at radius 2 is 2.18 bits per heavy atom. The molecule has 0 radical (unpaired) electrons. The molecule has 0 bridgehead atoms. The summed E-state index contributed by atoms with van der Waals surface area (Å²) in [5, 5.41) is 14.9. The van der Waals surface area contributed by atoms with Crippen molar-refractivity contribution in [3.05, 3.63) is 46.8 Å². The molecule has 4 rings (SSSR count). The number of fused-ring (bicyclic) bond motifs is 1. The van der Waals surface area contributed by atoms with E-state index < -0.39 is 0 Å². The summed E-state index contributed by atoms with van der Waals surface area (Å²) < 4.78 is 8.67. The van der Waals surface area contributed by atoms with Crippen LogP contribution in [0.5, 0.6) is 5.75 Å². The molecule has 146 valence electrons. The zero-order chi connectivity index (χ0) is 19.7. The third-order valence-corrected chi connectivity index (χ3v) is 4.58. The first kappa shape index (κ1) is 18.1. The number of nitrogens with zero attached hydrogens (tertiary/aromatic N) is 5. The Balaban J connectivity index is 1.50. The maximum absolute atomic E-state index is 12.4. The van der Waals surface area contributed by atoms with Crippen LogP contribution >= 0.6 is 0 Å². The highest BCUT2D eigenvalue weighted by Crippen LogP contribution is 2.31. The van der Waals surface area contributed by atoms with E-state index in [4.69, 9.17) is 4.74 Å². The highest BCUT2D eigenvalue weighted by atomic mass is 16.5. The van der Waals surface area contributed by atoms with E-state index in [-0.39, 0.29) is 23.9 Å². The van der Waals surface area contributed by atoms with Crippen molar-refractivity contribution in [2.45, 2.75) is 39.2 Å². The van der Waals surface area contributed by atoms with Crippen molar-refractivity contribution in [3.8, 4) is 5.75 Å². The lowest BCUT2D eigenvalue weighted by Crippen LogP contribution is -2.30. The van der Waals surface area contributed by atoms with Gasteiger partial charge in [-0.05, 0) is 30.9 Å². The number of aromatic nitrogens is 5. The van der Waals surface area contributed by atoms with Crippen LogP contribution in [0, 0.1) is 5.92 Å². The van der Waals surface area contributed by atoms with Gasteiger partial charge in [0.1, 0.15) is 24.3 Å². The molecule has 1 amide bonds. The number of nitrogens with one attached hydrogen (secondary N) is 1. The van der Waals surface area contributed by atoms with Gasteiger partial charge >= 0.3 is 0 Å². The molecule has 0 saturated heterocycles. The fourth-order valence-electron chi connectivity index (χ4n) is 2.85. The van der Waals surface area contributed by atoms with Gasteiger partial charge in [0.25, 0.3) is 5.56 Å². The van der Waals surface area contributed by atoms with Gasteiger partial charge in [-0.1, -0.05) is 13.8 Å². The molecular formula is C19H22N6O3. The number of carbonyl (C=O) groups excluding carboxylic acids is 1.